The van der Waals surface area contributed by atoms with Crippen molar-refractivity contribution in [3.63, 3.8) is 0 Å². The average molecular weight is 406 g/mol. The molecule has 0 saturated carbocycles. The molecule has 1 aromatic heterocycles. The summed E-state index contributed by atoms with van der Waals surface area (Å²) in [5, 5.41) is 2.66. The van der Waals surface area contributed by atoms with Gasteiger partial charge in [-0.15, -0.1) is 11.3 Å². The SMILES string of the molecule is O=C(NCc1ccc2c(c1)OCO2)c1sc(-c2ccccc2)nc1C(F)(F)F. The Morgan fingerprint density at radius 2 is 1.86 bits per heavy atom. The van der Waals surface area contributed by atoms with Crippen molar-refractivity contribution in [3.8, 4) is 22.1 Å². The fourth-order valence-electron chi connectivity index (χ4n) is 2.68. The maximum absolute atomic E-state index is 13.4. The zero-order chi connectivity index (χ0) is 19.7. The minimum absolute atomic E-state index is 0.0470. The van der Waals surface area contributed by atoms with Crippen molar-refractivity contribution in [2.24, 2.45) is 0 Å². The number of rotatable bonds is 4. The Morgan fingerprint density at radius 3 is 2.61 bits per heavy atom. The quantitative estimate of drug-likeness (QED) is 0.694. The molecule has 3 aromatic rings. The van der Waals surface area contributed by atoms with E-state index in [1.54, 1.807) is 48.5 Å². The van der Waals surface area contributed by atoms with Gasteiger partial charge in [0, 0.05) is 12.1 Å². The number of fused-ring (bicyclic) bond motifs is 1. The number of carbonyl (C=O) groups is 1. The van der Waals surface area contributed by atoms with Crippen molar-refractivity contribution < 1.29 is 27.4 Å². The van der Waals surface area contributed by atoms with Crippen molar-refractivity contribution in [1.82, 2.24) is 10.3 Å². The number of benzene rings is 2. The molecule has 1 aliphatic rings. The van der Waals surface area contributed by atoms with Crippen LogP contribution in [0.25, 0.3) is 10.6 Å². The van der Waals surface area contributed by atoms with Crippen LogP contribution < -0.4 is 14.8 Å². The van der Waals surface area contributed by atoms with Crippen LogP contribution in [0.15, 0.2) is 48.5 Å². The molecule has 1 aliphatic heterocycles. The predicted octanol–water partition coefficient (Wildman–Crippen LogP) is 4.49. The second kappa shape index (κ2) is 7.16. The number of nitrogens with one attached hydrogen (secondary N) is 1. The highest BCUT2D eigenvalue weighted by molar-refractivity contribution is 7.17. The number of alkyl halides is 3. The number of nitrogens with zero attached hydrogens (tertiary/aromatic N) is 1. The minimum atomic E-state index is -4.73. The second-order valence-electron chi connectivity index (χ2n) is 5.93. The number of halogens is 3. The van der Waals surface area contributed by atoms with Gasteiger partial charge in [0.05, 0.1) is 0 Å². The number of hydrogen-bond acceptors (Lipinski definition) is 5. The molecule has 1 N–H and O–H groups in total. The van der Waals surface area contributed by atoms with Crippen LogP contribution >= 0.6 is 11.3 Å². The van der Waals surface area contributed by atoms with Crippen LogP contribution in [0, 0.1) is 0 Å². The van der Waals surface area contributed by atoms with Gasteiger partial charge >= 0.3 is 6.18 Å². The van der Waals surface area contributed by atoms with E-state index in [9.17, 15) is 18.0 Å². The normalized spacial score (nSPS) is 12.8. The van der Waals surface area contributed by atoms with E-state index < -0.39 is 22.7 Å². The highest BCUT2D eigenvalue weighted by atomic mass is 32.1. The molecule has 5 nitrogen and oxygen atoms in total. The van der Waals surface area contributed by atoms with E-state index in [1.165, 1.54) is 0 Å². The first-order valence-corrected chi connectivity index (χ1v) is 9.03. The molecule has 0 unspecified atom stereocenters. The first-order valence-electron chi connectivity index (χ1n) is 8.22. The van der Waals surface area contributed by atoms with E-state index >= 15 is 0 Å². The van der Waals surface area contributed by atoms with Crippen LogP contribution in [-0.4, -0.2) is 17.7 Å². The van der Waals surface area contributed by atoms with Crippen LogP contribution in [0.1, 0.15) is 20.9 Å². The molecule has 2 heterocycles. The molecule has 1 amide bonds. The molecule has 0 saturated heterocycles. The molecular weight excluding hydrogens is 393 g/mol. The number of amides is 1. The Balaban J connectivity index is 1.57. The lowest BCUT2D eigenvalue weighted by molar-refractivity contribution is -0.141. The molecule has 4 rings (SSSR count). The van der Waals surface area contributed by atoms with Crippen LogP contribution in [0.3, 0.4) is 0 Å². The first-order chi connectivity index (χ1) is 13.4. The third-order valence-electron chi connectivity index (χ3n) is 4.01. The number of carbonyl (C=O) groups excluding carboxylic acids is 1. The third kappa shape index (κ3) is 3.65. The second-order valence-corrected chi connectivity index (χ2v) is 6.93. The van der Waals surface area contributed by atoms with Crippen molar-refractivity contribution in [2.75, 3.05) is 6.79 Å². The molecule has 9 heteroatoms. The summed E-state index contributed by atoms with van der Waals surface area (Å²) >= 11 is 0.715. The van der Waals surface area contributed by atoms with E-state index in [1.807, 2.05) is 0 Å². The summed E-state index contributed by atoms with van der Waals surface area (Å²) < 4.78 is 50.6. The molecule has 0 radical (unpaired) electrons. The van der Waals surface area contributed by atoms with E-state index in [4.69, 9.17) is 9.47 Å². The fourth-order valence-corrected chi connectivity index (χ4v) is 3.69. The van der Waals surface area contributed by atoms with Crippen LogP contribution in [0.4, 0.5) is 13.2 Å². The van der Waals surface area contributed by atoms with Gasteiger partial charge in [0.1, 0.15) is 9.88 Å². The Bertz CT molecular complexity index is 1020. The van der Waals surface area contributed by atoms with Gasteiger partial charge in [0.25, 0.3) is 5.91 Å². The predicted molar refractivity (Wildman–Crippen MR) is 96.3 cm³/mol. The van der Waals surface area contributed by atoms with Gasteiger partial charge in [-0.25, -0.2) is 4.98 Å². The van der Waals surface area contributed by atoms with Gasteiger partial charge in [-0.3, -0.25) is 4.79 Å². The largest absolute Gasteiger partial charge is 0.454 e. The third-order valence-corrected chi connectivity index (χ3v) is 5.12. The van der Waals surface area contributed by atoms with E-state index in [0.717, 1.165) is 0 Å². The molecule has 0 bridgehead atoms. The van der Waals surface area contributed by atoms with Crippen molar-refractivity contribution >= 4 is 17.2 Å². The summed E-state index contributed by atoms with van der Waals surface area (Å²) in [4.78, 5) is 15.7. The fraction of sp³-hybridized carbons (Fsp3) is 0.158. The number of hydrogen-bond donors (Lipinski definition) is 1. The molecule has 2 aromatic carbocycles. The van der Waals surface area contributed by atoms with Crippen molar-refractivity contribution in [1.29, 1.82) is 0 Å². The molecule has 0 aliphatic carbocycles. The molecule has 0 fully saturated rings. The monoisotopic (exact) mass is 406 g/mol. The van der Waals surface area contributed by atoms with E-state index in [2.05, 4.69) is 10.3 Å². The molecule has 144 valence electrons. The van der Waals surface area contributed by atoms with Crippen molar-refractivity contribution in [2.45, 2.75) is 12.7 Å². The summed E-state index contributed by atoms with van der Waals surface area (Å²) in [5.41, 5.74) is 0.0197. The standard InChI is InChI=1S/C19H13F3N2O3S/c20-19(21,22)16-15(28-18(24-16)12-4-2-1-3-5-12)17(25)23-9-11-6-7-13-14(8-11)27-10-26-13/h1-8H,9-10H2,(H,23,25). The number of thiazole rings is 1. The zero-order valence-electron chi connectivity index (χ0n) is 14.2. The molecule has 0 atom stereocenters. The Morgan fingerprint density at radius 1 is 1.11 bits per heavy atom. The van der Waals surface area contributed by atoms with Crippen LogP contribution in [0.2, 0.25) is 0 Å². The lowest BCUT2D eigenvalue weighted by atomic mass is 10.2. The van der Waals surface area contributed by atoms with Gasteiger partial charge in [-0.1, -0.05) is 36.4 Å². The van der Waals surface area contributed by atoms with Gasteiger partial charge in [-0.05, 0) is 17.7 Å². The maximum atomic E-state index is 13.4. The summed E-state index contributed by atoms with van der Waals surface area (Å²) in [6.07, 6.45) is -4.73. The molecular formula is C19H13F3N2O3S. The van der Waals surface area contributed by atoms with Crippen LogP contribution in [0.5, 0.6) is 11.5 Å². The van der Waals surface area contributed by atoms with Gasteiger partial charge in [-0.2, -0.15) is 13.2 Å². The highest BCUT2D eigenvalue weighted by Crippen LogP contribution is 2.38. The zero-order valence-corrected chi connectivity index (χ0v) is 15.1. The van der Waals surface area contributed by atoms with Gasteiger partial charge in [0.2, 0.25) is 6.79 Å². The summed E-state index contributed by atoms with van der Waals surface area (Å²) in [6, 6.07) is 13.5. The minimum Gasteiger partial charge on any atom is -0.454 e. The van der Waals surface area contributed by atoms with Crippen molar-refractivity contribution in [3.05, 3.63) is 64.7 Å². The smallest absolute Gasteiger partial charge is 0.435 e. The van der Waals surface area contributed by atoms with E-state index in [0.29, 0.717) is 34.0 Å². The van der Waals surface area contributed by atoms with Gasteiger partial charge in [0.15, 0.2) is 17.2 Å². The Hall–Kier alpha value is -3.07. The Labute approximate surface area is 161 Å². The van der Waals surface area contributed by atoms with E-state index in [-0.39, 0.29) is 18.3 Å². The Kier molecular flexibility index (Phi) is 4.68. The lowest BCUT2D eigenvalue weighted by Gasteiger charge is -2.08. The topological polar surface area (TPSA) is 60.5 Å². The number of ether oxygens (including phenoxy) is 2. The number of aromatic nitrogens is 1. The van der Waals surface area contributed by atoms with Gasteiger partial charge < -0.3 is 14.8 Å². The molecule has 28 heavy (non-hydrogen) atoms. The lowest BCUT2D eigenvalue weighted by Crippen LogP contribution is -2.24. The highest BCUT2D eigenvalue weighted by Gasteiger charge is 2.39. The summed E-state index contributed by atoms with van der Waals surface area (Å²) in [6.45, 7) is 0.161. The summed E-state index contributed by atoms with van der Waals surface area (Å²) in [5.74, 6) is 0.293. The first kappa shape index (κ1) is 18.3. The van der Waals surface area contributed by atoms with Crippen LogP contribution in [-0.2, 0) is 12.7 Å². The average Bonchev–Trinajstić information content (AvgIpc) is 3.33. The maximum Gasteiger partial charge on any atom is 0.435 e. The molecule has 0 spiro atoms. The summed E-state index contributed by atoms with van der Waals surface area (Å²) in [7, 11) is 0.